The lowest BCUT2D eigenvalue weighted by Crippen LogP contribution is -2.50. The molecule has 0 spiro atoms. The summed E-state index contributed by atoms with van der Waals surface area (Å²) in [6.45, 7) is 3.54. The summed E-state index contributed by atoms with van der Waals surface area (Å²) < 4.78 is 39.6. The number of hydrogen-bond donors (Lipinski definition) is 2. The molecule has 4 heterocycles. The van der Waals surface area contributed by atoms with Crippen molar-refractivity contribution in [3.05, 3.63) is 18.5 Å². The van der Waals surface area contributed by atoms with E-state index in [0.717, 1.165) is 0 Å². The van der Waals surface area contributed by atoms with E-state index in [2.05, 4.69) is 24.7 Å². The first-order valence-electron chi connectivity index (χ1n) is 10.2. The van der Waals surface area contributed by atoms with Crippen LogP contribution in [-0.4, -0.2) is 84.2 Å². The molecular formula is C18H24N8O4S. The second-order valence-corrected chi connectivity index (χ2v) is 9.40. The van der Waals surface area contributed by atoms with Crippen LogP contribution in [0.15, 0.2) is 18.5 Å². The molecule has 1 aliphatic carbocycles. The average Bonchev–Trinajstić information content (AvgIpc) is 3.10. The molecule has 13 heteroatoms. The topological polar surface area (TPSA) is 149 Å². The number of anilines is 2. The van der Waals surface area contributed by atoms with Crippen LogP contribution < -0.4 is 20.1 Å². The fraction of sp³-hybridized carbons (Fsp3) is 0.556. The largest absolute Gasteiger partial charge is 0.474 e. The van der Waals surface area contributed by atoms with E-state index in [1.54, 1.807) is 18.5 Å². The third kappa shape index (κ3) is 4.26. The number of nitrogens with zero attached hydrogens (tertiary/aromatic N) is 6. The van der Waals surface area contributed by atoms with Gasteiger partial charge in [0, 0.05) is 69.1 Å². The molecule has 3 aliphatic rings. The minimum atomic E-state index is -3.35. The highest BCUT2D eigenvalue weighted by atomic mass is 32.2. The van der Waals surface area contributed by atoms with Gasteiger partial charge in [0.25, 0.3) is 10.2 Å². The summed E-state index contributed by atoms with van der Waals surface area (Å²) in [4.78, 5) is 19.4. The van der Waals surface area contributed by atoms with E-state index < -0.39 is 10.2 Å². The van der Waals surface area contributed by atoms with Crippen molar-refractivity contribution in [2.75, 3.05) is 50.0 Å². The Morgan fingerprint density at radius 3 is 2.55 bits per heavy atom. The summed E-state index contributed by atoms with van der Waals surface area (Å²) in [5.74, 6) is 1.18. The summed E-state index contributed by atoms with van der Waals surface area (Å²) in [5, 5.41) is 0. The second kappa shape index (κ2) is 8.15. The highest BCUT2D eigenvalue weighted by Gasteiger charge is 2.43. The molecule has 31 heavy (non-hydrogen) atoms. The molecule has 0 bridgehead atoms. The fourth-order valence-corrected chi connectivity index (χ4v) is 5.31. The third-order valence-electron chi connectivity index (χ3n) is 5.64. The standard InChI is InChI=1S/C18H24N8O4S/c19-17-20-10-12(11-21-17)15-9-16(24-18(23-15)25-3-5-29-6-4-25)30-14-7-13(8-14)26-2-1-22-31(26,27)28/h9-11,13-14,22H,1-8H2,(H2,19,20,21)/t13-,14-. The molecule has 2 aromatic heterocycles. The maximum Gasteiger partial charge on any atom is 0.279 e. The van der Waals surface area contributed by atoms with Crippen LogP contribution >= 0.6 is 0 Å². The number of aromatic nitrogens is 4. The lowest BCUT2D eigenvalue weighted by molar-refractivity contribution is 0.0521. The second-order valence-electron chi connectivity index (χ2n) is 7.70. The van der Waals surface area contributed by atoms with Gasteiger partial charge in [0.1, 0.15) is 6.10 Å². The van der Waals surface area contributed by atoms with Crippen molar-refractivity contribution in [1.29, 1.82) is 0 Å². The van der Waals surface area contributed by atoms with Crippen LogP contribution in [0.4, 0.5) is 11.9 Å². The highest BCUT2D eigenvalue weighted by molar-refractivity contribution is 7.87. The Hall–Kier alpha value is -2.61. The molecule has 2 aromatic rings. The van der Waals surface area contributed by atoms with Crippen LogP contribution in [0.5, 0.6) is 5.88 Å². The van der Waals surface area contributed by atoms with Crippen LogP contribution in [0.1, 0.15) is 12.8 Å². The Morgan fingerprint density at radius 1 is 1.13 bits per heavy atom. The minimum absolute atomic E-state index is 0.0458. The molecule has 0 atom stereocenters. The third-order valence-corrected chi connectivity index (χ3v) is 7.31. The van der Waals surface area contributed by atoms with Gasteiger partial charge in [-0.2, -0.15) is 17.7 Å². The average molecular weight is 449 g/mol. The molecule has 12 nitrogen and oxygen atoms in total. The first-order chi connectivity index (χ1) is 15.0. The van der Waals surface area contributed by atoms with Gasteiger partial charge in [-0.25, -0.2) is 19.7 Å². The Bertz CT molecular complexity index is 1040. The zero-order valence-corrected chi connectivity index (χ0v) is 17.7. The molecule has 166 valence electrons. The number of ether oxygens (including phenoxy) is 2. The number of hydrogen-bond acceptors (Lipinski definition) is 10. The lowest BCUT2D eigenvalue weighted by Gasteiger charge is -2.39. The summed E-state index contributed by atoms with van der Waals surface area (Å²) in [6.07, 6.45) is 4.37. The van der Waals surface area contributed by atoms with E-state index in [1.807, 2.05) is 4.90 Å². The Kier molecular flexibility index (Phi) is 5.33. The Morgan fingerprint density at radius 2 is 1.87 bits per heavy atom. The Labute approximate surface area is 180 Å². The number of morpholine rings is 1. The van der Waals surface area contributed by atoms with Gasteiger partial charge in [0.15, 0.2) is 0 Å². The fourth-order valence-electron chi connectivity index (χ4n) is 3.90. The predicted molar refractivity (Wildman–Crippen MR) is 112 cm³/mol. The SMILES string of the molecule is Nc1ncc(-c2cc(O[C@H]3C[C@H](N4CCNS4(=O)=O)C3)nc(N3CCOCC3)n2)cn1. The van der Waals surface area contributed by atoms with Crippen molar-refractivity contribution in [3.8, 4) is 17.1 Å². The Balaban J connectivity index is 1.35. The quantitative estimate of drug-likeness (QED) is 0.608. The van der Waals surface area contributed by atoms with Crippen molar-refractivity contribution in [3.63, 3.8) is 0 Å². The minimum Gasteiger partial charge on any atom is -0.474 e. The predicted octanol–water partition coefficient (Wildman–Crippen LogP) is -0.588. The van der Waals surface area contributed by atoms with E-state index in [9.17, 15) is 8.42 Å². The zero-order chi connectivity index (χ0) is 21.4. The van der Waals surface area contributed by atoms with Gasteiger partial charge >= 0.3 is 0 Å². The summed E-state index contributed by atoms with van der Waals surface area (Å²) in [7, 11) is -3.35. The normalized spacial score (nSPS) is 25.9. The van der Waals surface area contributed by atoms with Crippen molar-refractivity contribution < 1.29 is 17.9 Å². The highest BCUT2D eigenvalue weighted by Crippen LogP contribution is 2.33. The number of rotatable bonds is 5. The van der Waals surface area contributed by atoms with E-state index in [-0.39, 0.29) is 18.1 Å². The summed E-state index contributed by atoms with van der Waals surface area (Å²) in [6, 6.07) is 1.70. The van der Waals surface area contributed by atoms with E-state index in [1.165, 1.54) is 4.31 Å². The summed E-state index contributed by atoms with van der Waals surface area (Å²) >= 11 is 0. The molecule has 0 aromatic carbocycles. The van der Waals surface area contributed by atoms with E-state index >= 15 is 0 Å². The molecule has 0 amide bonds. The molecule has 1 saturated carbocycles. The maximum absolute atomic E-state index is 12.0. The van der Waals surface area contributed by atoms with Crippen molar-refractivity contribution >= 4 is 22.1 Å². The van der Waals surface area contributed by atoms with Gasteiger partial charge in [-0.3, -0.25) is 0 Å². The van der Waals surface area contributed by atoms with Crippen LogP contribution in [-0.2, 0) is 14.9 Å². The molecular weight excluding hydrogens is 424 g/mol. The van der Waals surface area contributed by atoms with E-state index in [4.69, 9.17) is 15.2 Å². The van der Waals surface area contributed by atoms with Gasteiger partial charge in [-0.15, -0.1) is 0 Å². The van der Waals surface area contributed by atoms with Crippen molar-refractivity contribution in [2.45, 2.75) is 25.0 Å². The molecule has 5 rings (SSSR count). The van der Waals surface area contributed by atoms with Gasteiger partial charge in [0.2, 0.25) is 17.8 Å². The molecule has 2 aliphatic heterocycles. The number of nitrogens with one attached hydrogen (secondary N) is 1. The summed E-state index contributed by atoms with van der Waals surface area (Å²) in [5.41, 5.74) is 6.94. The van der Waals surface area contributed by atoms with Gasteiger partial charge < -0.3 is 20.1 Å². The van der Waals surface area contributed by atoms with Crippen LogP contribution in [0.3, 0.4) is 0 Å². The monoisotopic (exact) mass is 448 g/mol. The number of nitrogen functional groups attached to an aromatic ring is 1. The van der Waals surface area contributed by atoms with Crippen molar-refractivity contribution in [1.82, 2.24) is 29.0 Å². The van der Waals surface area contributed by atoms with Crippen LogP contribution in [0.2, 0.25) is 0 Å². The first-order valence-corrected chi connectivity index (χ1v) is 11.6. The maximum atomic E-state index is 12.0. The molecule has 0 radical (unpaired) electrons. The van der Waals surface area contributed by atoms with Crippen molar-refractivity contribution in [2.24, 2.45) is 0 Å². The van der Waals surface area contributed by atoms with Crippen LogP contribution in [0.25, 0.3) is 11.3 Å². The molecule has 0 unspecified atom stereocenters. The van der Waals surface area contributed by atoms with E-state index in [0.29, 0.717) is 75.3 Å². The molecule has 2 saturated heterocycles. The zero-order valence-electron chi connectivity index (χ0n) is 16.8. The lowest BCUT2D eigenvalue weighted by atomic mass is 9.89. The smallest absolute Gasteiger partial charge is 0.279 e. The van der Waals surface area contributed by atoms with Gasteiger partial charge in [0.05, 0.1) is 18.9 Å². The first kappa shape index (κ1) is 20.3. The molecule has 3 N–H and O–H groups in total. The molecule has 3 fully saturated rings. The number of nitrogens with two attached hydrogens (primary N) is 1. The van der Waals surface area contributed by atoms with Gasteiger partial charge in [-0.1, -0.05) is 0 Å². The van der Waals surface area contributed by atoms with Crippen LogP contribution in [0, 0.1) is 0 Å². The van der Waals surface area contributed by atoms with Gasteiger partial charge in [-0.05, 0) is 0 Å².